The van der Waals surface area contributed by atoms with E-state index in [1.54, 1.807) is 5.20 Å². The predicted molar refractivity (Wildman–Crippen MR) is 109 cm³/mol. The third-order valence-corrected chi connectivity index (χ3v) is 13.2. The van der Waals surface area contributed by atoms with Crippen molar-refractivity contribution in [1.82, 2.24) is 0 Å². The van der Waals surface area contributed by atoms with Crippen LogP contribution in [0.3, 0.4) is 0 Å². The minimum Gasteiger partial charge on any atom is -0.393 e. The molecular weight excluding hydrogens is 308 g/mol. The van der Waals surface area contributed by atoms with E-state index in [-0.39, 0.29) is 6.10 Å². The highest BCUT2D eigenvalue weighted by Crippen LogP contribution is 2.37. The van der Waals surface area contributed by atoms with Crippen LogP contribution >= 0.6 is 0 Å². The van der Waals surface area contributed by atoms with Gasteiger partial charge in [0.05, 0.1) is 14.2 Å². The van der Waals surface area contributed by atoms with Gasteiger partial charge < -0.3 is 5.11 Å². The Kier molecular flexibility index (Phi) is 8.56. The number of hydrogen-bond donors (Lipinski definition) is 1. The Bertz CT molecular complexity index is 365. The fourth-order valence-electron chi connectivity index (χ4n) is 5.39. The molecule has 2 aliphatic rings. The molecule has 1 unspecified atom stereocenters. The second kappa shape index (κ2) is 10.2. The van der Waals surface area contributed by atoms with Gasteiger partial charge in [0.25, 0.3) is 0 Å². The van der Waals surface area contributed by atoms with Gasteiger partial charge in [0.2, 0.25) is 0 Å². The maximum atomic E-state index is 11.0. The summed E-state index contributed by atoms with van der Waals surface area (Å²) in [7, 11) is -1.36. The van der Waals surface area contributed by atoms with E-state index in [0.29, 0.717) is 5.92 Å². The normalized spacial score (nSPS) is 23.4. The monoisotopic (exact) mass is 350 g/mol. The Hall–Kier alpha value is -0.0831. The van der Waals surface area contributed by atoms with E-state index in [0.717, 1.165) is 12.3 Å². The van der Waals surface area contributed by atoms with Crippen molar-refractivity contribution in [2.75, 3.05) is 0 Å². The first kappa shape index (κ1) is 20.2. The van der Waals surface area contributed by atoms with Crippen LogP contribution < -0.4 is 0 Å². The second-order valence-electron chi connectivity index (χ2n) is 8.60. The second-order valence-corrected chi connectivity index (χ2v) is 13.9. The van der Waals surface area contributed by atoms with Gasteiger partial charge in [-0.05, 0) is 43.9 Å². The quantitative estimate of drug-likeness (QED) is 0.473. The van der Waals surface area contributed by atoms with E-state index >= 15 is 0 Å². The molecule has 0 aliphatic heterocycles. The summed E-state index contributed by atoms with van der Waals surface area (Å²) in [5.41, 5.74) is 0. The average molecular weight is 351 g/mol. The molecule has 140 valence electrons. The van der Waals surface area contributed by atoms with Crippen LogP contribution in [0.4, 0.5) is 0 Å². The number of hydrogen-bond acceptors (Lipinski definition) is 1. The molecule has 0 radical (unpaired) electrons. The summed E-state index contributed by atoms with van der Waals surface area (Å²) in [5, 5.41) is 12.8. The van der Waals surface area contributed by atoms with Crippen LogP contribution in [-0.2, 0) is 0 Å². The maximum Gasteiger partial charge on any atom is 0.0804 e. The highest BCUT2D eigenvalue weighted by molar-refractivity contribution is 6.86. The Balaban J connectivity index is 2.15. The summed E-state index contributed by atoms with van der Waals surface area (Å²) in [4.78, 5) is 0. The predicted octanol–water partition coefficient (Wildman–Crippen LogP) is 6.87. The zero-order chi connectivity index (χ0) is 17.4. The standard InChI is InChI=1S/C22H42OSi/c1-4-24(5-2,6-3)21(17-19-13-9-7-10-14-19)18-22(23)20-15-11-8-12-16-20/h17,19-20,22-23H,4-16,18H2,1-3H3/b21-17+. The summed E-state index contributed by atoms with van der Waals surface area (Å²) in [6.07, 6.45) is 17.3. The molecule has 0 bridgehead atoms. The van der Waals surface area contributed by atoms with Crippen LogP contribution in [0.15, 0.2) is 11.3 Å². The zero-order valence-corrected chi connectivity index (χ0v) is 17.7. The summed E-state index contributed by atoms with van der Waals surface area (Å²) in [6, 6.07) is 4.07. The Labute approximate surface area is 152 Å². The van der Waals surface area contributed by atoms with Crippen molar-refractivity contribution in [2.45, 2.75) is 116 Å². The summed E-state index contributed by atoms with van der Waals surface area (Å²) >= 11 is 0. The molecule has 1 nitrogen and oxygen atoms in total. The maximum absolute atomic E-state index is 11.0. The molecule has 0 heterocycles. The van der Waals surface area contributed by atoms with Crippen LogP contribution in [0, 0.1) is 11.8 Å². The number of aliphatic hydroxyl groups is 1. The van der Waals surface area contributed by atoms with Crippen molar-refractivity contribution in [3.63, 3.8) is 0 Å². The lowest BCUT2D eigenvalue weighted by molar-refractivity contribution is 0.0860. The average Bonchev–Trinajstić information content (AvgIpc) is 2.65. The van der Waals surface area contributed by atoms with Gasteiger partial charge in [-0.25, -0.2) is 0 Å². The van der Waals surface area contributed by atoms with Crippen molar-refractivity contribution >= 4 is 8.07 Å². The van der Waals surface area contributed by atoms with Gasteiger partial charge in [-0.3, -0.25) is 0 Å². The van der Waals surface area contributed by atoms with E-state index in [1.807, 2.05) is 0 Å². The van der Waals surface area contributed by atoms with Crippen LogP contribution in [0.25, 0.3) is 0 Å². The molecule has 0 amide bonds. The number of allylic oxidation sites excluding steroid dienone is 1. The minimum atomic E-state index is -1.36. The largest absolute Gasteiger partial charge is 0.393 e. The van der Waals surface area contributed by atoms with Gasteiger partial charge >= 0.3 is 0 Å². The molecule has 0 aromatic heterocycles. The van der Waals surface area contributed by atoms with Crippen LogP contribution in [0.1, 0.15) is 91.4 Å². The highest BCUT2D eigenvalue weighted by Gasteiger charge is 2.34. The van der Waals surface area contributed by atoms with E-state index in [9.17, 15) is 5.11 Å². The van der Waals surface area contributed by atoms with Crippen molar-refractivity contribution in [2.24, 2.45) is 11.8 Å². The van der Waals surface area contributed by atoms with Crippen LogP contribution in [-0.4, -0.2) is 19.3 Å². The molecule has 1 atom stereocenters. The molecule has 2 rings (SSSR count). The highest BCUT2D eigenvalue weighted by atomic mass is 28.3. The van der Waals surface area contributed by atoms with E-state index in [1.165, 1.54) is 82.3 Å². The fraction of sp³-hybridized carbons (Fsp3) is 0.909. The first-order chi connectivity index (χ1) is 11.6. The molecule has 2 saturated carbocycles. The van der Waals surface area contributed by atoms with E-state index in [2.05, 4.69) is 26.8 Å². The molecular formula is C22H42OSi. The number of rotatable bonds is 8. The van der Waals surface area contributed by atoms with Crippen LogP contribution in [0.5, 0.6) is 0 Å². The van der Waals surface area contributed by atoms with Gasteiger partial charge in [-0.1, -0.05) is 88.7 Å². The summed E-state index contributed by atoms with van der Waals surface area (Å²) < 4.78 is 0. The Morgan fingerprint density at radius 3 is 1.88 bits per heavy atom. The molecule has 2 heteroatoms. The molecule has 0 saturated heterocycles. The summed E-state index contributed by atoms with van der Waals surface area (Å²) in [5.74, 6) is 1.38. The lowest BCUT2D eigenvalue weighted by Crippen LogP contribution is -2.38. The molecule has 0 aromatic rings. The van der Waals surface area contributed by atoms with Crippen molar-refractivity contribution < 1.29 is 5.11 Å². The molecule has 2 aliphatic carbocycles. The van der Waals surface area contributed by atoms with Gasteiger partial charge in [0, 0.05) is 0 Å². The van der Waals surface area contributed by atoms with Gasteiger partial charge in [-0.15, -0.1) is 0 Å². The molecule has 2 fully saturated rings. The third kappa shape index (κ3) is 5.21. The van der Waals surface area contributed by atoms with Crippen molar-refractivity contribution in [1.29, 1.82) is 0 Å². The first-order valence-corrected chi connectivity index (χ1v) is 13.7. The third-order valence-electron chi connectivity index (χ3n) is 7.42. The fourth-order valence-corrected chi connectivity index (χ4v) is 9.48. The lowest BCUT2D eigenvalue weighted by Gasteiger charge is -2.36. The zero-order valence-electron chi connectivity index (χ0n) is 16.7. The van der Waals surface area contributed by atoms with Gasteiger partial charge in [0.1, 0.15) is 0 Å². The topological polar surface area (TPSA) is 20.2 Å². The SMILES string of the molecule is CC[Si](CC)(CC)/C(=C/C1CCCCC1)CC(O)C1CCCCC1. The van der Waals surface area contributed by atoms with Gasteiger partial charge in [-0.2, -0.15) is 0 Å². The first-order valence-electron chi connectivity index (χ1n) is 11.0. The Morgan fingerprint density at radius 2 is 1.38 bits per heavy atom. The van der Waals surface area contributed by atoms with Crippen LogP contribution in [0.2, 0.25) is 18.1 Å². The van der Waals surface area contributed by atoms with Gasteiger partial charge in [0.15, 0.2) is 0 Å². The Morgan fingerprint density at radius 1 is 0.875 bits per heavy atom. The van der Waals surface area contributed by atoms with Crippen molar-refractivity contribution in [3.8, 4) is 0 Å². The molecule has 24 heavy (non-hydrogen) atoms. The van der Waals surface area contributed by atoms with E-state index < -0.39 is 8.07 Å². The summed E-state index contributed by atoms with van der Waals surface area (Å²) in [6.45, 7) is 7.25. The van der Waals surface area contributed by atoms with Crippen molar-refractivity contribution in [3.05, 3.63) is 11.3 Å². The smallest absolute Gasteiger partial charge is 0.0804 e. The molecule has 0 aromatic carbocycles. The molecule has 1 N–H and O–H groups in total. The number of aliphatic hydroxyl groups excluding tert-OH is 1. The molecule has 0 spiro atoms. The minimum absolute atomic E-state index is 0.0725. The van der Waals surface area contributed by atoms with E-state index in [4.69, 9.17) is 0 Å². The lowest BCUT2D eigenvalue weighted by atomic mass is 9.83.